The molecule has 8 nitrogen and oxygen atoms in total. The standard InChI is InChI=1S/C29H19ClN4O4/c30-18-7-9-24-19(15-18)21(25(35)10-11-27(36)37)16-34(24)29-32-22-8-6-17(26-5-3-13-38-26)14-20(22)28(33-29)23-4-1-2-12-31-23/h1-9,12-16H,10-11H2,(H,36,37). The zero-order chi connectivity index (χ0) is 26.2. The van der Waals surface area contributed by atoms with Crippen molar-refractivity contribution in [2.75, 3.05) is 0 Å². The maximum Gasteiger partial charge on any atom is 0.303 e. The number of carboxylic acid groups (broad SMARTS) is 1. The van der Waals surface area contributed by atoms with Crippen molar-refractivity contribution in [2.45, 2.75) is 12.8 Å². The average molecular weight is 523 g/mol. The van der Waals surface area contributed by atoms with Gasteiger partial charge in [-0.1, -0.05) is 17.7 Å². The van der Waals surface area contributed by atoms with E-state index in [2.05, 4.69) is 4.98 Å². The molecule has 0 fully saturated rings. The first-order chi connectivity index (χ1) is 18.5. The van der Waals surface area contributed by atoms with E-state index in [1.165, 1.54) is 0 Å². The van der Waals surface area contributed by atoms with Gasteiger partial charge >= 0.3 is 5.97 Å². The molecule has 6 aromatic rings. The van der Waals surface area contributed by atoms with Crippen molar-refractivity contribution >= 4 is 45.2 Å². The van der Waals surface area contributed by atoms with Crippen molar-refractivity contribution in [3.63, 3.8) is 0 Å². The fourth-order valence-corrected chi connectivity index (χ4v) is 4.64. The molecule has 0 unspecified atom stereocenters. The van der Waals surface area contributed by atoms with E-state index in [0.29, 0.717) is 44.3 Å². The molecule has 0 aliphatic rings. The summed E-state index contributed by atoms with van der Waals surface area (Å²) in [7, 11) is 0. The fraction of sp³-hybridized carbons (Fsp3) is 0.0690. The summed E-state index contributed by atoms with van der Waals surface area (Å²) in [6, 6.07) is 20.3. The first-order valence-electron chi connectivity index (χ1n) is 11.8. The van der Waals surface area contributed by atoms with Crippen LogP contribution in [0.2, 0.25) is 5.02 Å². The van der Waals surface area contributed by atoms with Crippen LogP contribution < -0.4 is 0 Å². The van der Waals surface area contributed by atoms with Gasteiger partial charge in [-0.05, 0) is 60.7 Å². The summed E-state index contributed by atoms with van der Waals surface area (Å²) < 4.78 is 7.31. The second kappa shape index (κ2) is 9.57. The van der Waals surface area contributed by atoms with Gasteiger partial charge in [0, 0.05) is 45.7 Å². The second-order valence-corrected chi connectivity index (χ2v) is 9.12. The van der Waals surface area contributed by atoms with Gasteiger partial charge in [-0.2, -0.15) is 0 Å². The summed E-state index contributed by atoms with van der Waals surface area (Å²) in [6.45, 7) is 0. The zero-order valence-corrected chi connectivity index (χ0v) is 20.6. The summed E-state index contributed by atoms with van der Waals surface area (Å²) in [5.74, 6) is -0.270. The van der Waals surface area contributed by atoms with Gasteiger partial charge < -0.3 is 9.52 Å². The number of hydrogen-bond acceptors (Lipinski definition) is 6. The van der Waals surface area contributed by atoms with Gasteiger partial charge in [0.1, 0.15) is 11.5 Å². The van der Waals surface area contributed by atoms with Gasteiger partial charge in [-0.3, -0.25) is 19.1 Å². The van der Waals surface area contributed by atoms with Crippen molar-refractivity contribution in [3.8, 4) is 28.7 Å². The lowest BCUT2D eigenvalue weighted by Crippen LogP contribution is -2.04. The number of Topliss-reactive ketones (excluding diaryl/α,β-unsaturated/α-hetero) is 1. The molecule has 6 rings (SSSR count). The van der Waals surface area contributed by atoms with Gasteiger partial charge in [0.25, 0.3) is 0 Å². The number of benzene rings is 2. The Labute approximate surface area is 221 Å². The van der Waals surface area contributed by atoms with Crippen LogP contribution >= 0.6 is 11.6 Å². The molecule has 0 atom stereocenters. The summed E-state index contributed by atoms with van der Waals surface area (Å²) in [5.41, 5.74) is 3.87. The number of aliphatic carboxylic acids is 1. The largest absolute Gasteiger partial charge is 0.481 e. The molecular weight excluding hydrogens is 504 g/mol. The number of aromatic nitrogens is 4. The molecule has 0 radical (unpaired) electrons. The fourth-order valence-electron chi connectivity index (χ4n) is 4.46. The number of nitrogens with zero attached hydrogens (tertiary/aromatic N) is 4. The molecule has 0 saturated heterocycles. The van der Waals surface area contributed by atoms with E-state index in [-0.39, 0.29) is 18.6 Å². The molecule has 4 aromatic heterocycles. The maximum absolute atomic E-state index is 13.0. The number of ketones is 1. The zero-order valence-electron chi connectivity index (χ0n) is 19.8. The number of hydrogen-bond donors (Lipinski definition) is 1. The lowest BCUT2D eigenvalue weighted by Gasteiger charge is -2.11. The molecule has 0 aliphatic heterocycles. The molecule has 0 bridgehead atoms. The first kappa shape index (κ1) is 23.6. The van der Waals surface area contributed by atoms with E-state index in [4.69, 9.17) is 31.1 Å². The van der Waals surface area contributed by atoms with Gasteiger partial charge in [-0.15, -0.1) is 0 Å². The normalized spacial score (nSPS) is 11.3. The van der Waals surface area contributed by atoms with E-state index in [9.17, 15) is 9.59 Å². The summed E-state index contributed by atoms with van der Waals surface area (Å²) in [6.07, 6.45) is 4.57. The highest BCUT2D eigenvalue weighted by molar-refractivity contribution is 6.31. The highest BCUT2D eigenvalue weighted by Crippen LogP contribution is 2.33. The lowest BCUT2D eigenvalue weighted by atomic mass is 10.1. The Balaban J connectivity index is 1.57. The number of carbonyl (C=O) groups is 2. The van der Waals surface area contributed by atoms with Gasteiger partial charge in [0.2, 0.25) is 5.95 Å². The van der Waals surface area contributed by atoms with Crippen LogP contribution in [-0.4, -0.2) is 36.4 Å². The molecule has 4 heterocycles. The van der Waals surface area contributed by atoms with Crippen molar-refractivity contribution < 1.29 is 19.1 Å². The number of carbonyl (C=O) groups excluding carboxylic acids is 1. The Bertz CT molecular complexity index is 1830. The third kappa shape index (κ3) is 4.31. The number of rotatable bonds is 7. The van der Waals surface area contributed by atoms with E-state index in [1.807, 2.05) is 48.5 Å². The lowest BCUT2D eigenvalue weighted by molar-refractivity contribution is -0.136. The Morgan fingerprint density at radius 2 is 1.84 bits per heavy atom. The Kier molecular flexibility index (Phi) is 5.94. The molecule has 0 amide bonds. The SMILES string of the molecule is O=C(O)CCC(=O)c1cn(-c2nc(-c3ccccn3)c3cc(-c4ccco4)ccc3n2)c2ccc(Cl)cc12. The third-order valence-electron chi connectivity index (χ3n) is 6.25. The van der Waals surface area contributed by atoms with Crippen LogP contribution in [0.3, 0.4) is 0 Å². The minimum Gasteiger partial charge on any atom is -0.481 e. The Morgan fingerprint density at radius 3 is 2.61 bits per heavy atom. The smallest absolute Gasteiger partial charge is 0.303 e. The number of fused-ring (bicyclic) bond motifs is 2. The minimum absolute atomic E-state index is 0.131. The second-order valence-electron chi connectivity index (χ2n) is 8.69. The molecule has 0 saturated carbocycles. The molecule has 9 heteroatoms. The average Bonchev–Trinajstić information content (AvgIpc) is 3.60. The number of carboxylic acids is 1. The van der Waals surface area contributed by atoms with Crippen molar-refractivity contribution in [1.29, 1.82) is 0 Å². The molecule has 0 spiro atoms. The van der Waals surface area contributed by atoms with Crippen molar-refractivity contribution in [3.05, 3.63) is 96.0 Å². The van der Waals surface area contributed by atoms with Gasteiger partial charge in [-0.25, -0.2) is 9.97 Å². The van der Waals surface area contributed by atoms with Crippen LogP contribution in [0.1, 0.15) is 23.2 Å². The highest BCUT2D eigenvalue weighted by Gasteiger charge is 2.20. The van der Waals surface area contributed by atoms with E-state index >= 15 is 0 Å². The van der Waals surface area contributed by atoms with Gasteiger partial charge in [0.15, 0.2) is 5.78 Å². The summed E-state index contributed by atoms with van der Waals surface area (Å²) in [5, 5.41) is 10.9. The molecule has 1 N–H and O–H groups in total. The predicted molar refractivity (Wildman–Crippen MR) is 144 cm³/mol. The van der Waals surface area contributed by atoms with Crippen LogP contribution in [0.5, 0.6) is 0 Å². The van der Waals surface area contributed by atoms with Crippen LogP contribution in [0, 0.1) is 0 Å². The molecule has 38 heavy (non-hydrogen) atoms. The number of furan rings is 1. The predicted octanol–water partition coefficient (Wildman–Crippen LogP) is 6.60. The Morgan fingerprint density at radius 1 is 0.947 bits per heavy atom. The number of pyridine rings is 1. The van der Waals surface area contributed by atoms with Crippen molar-refractivity contribution in [2.24, 2.45) is 0 Å². The quantitative estimate of drug-likeness (QED) is 0.235. The van der Waals surface area contributed by atoms with E-state index in [1.54, 1.807) is 41.4 Å². The Hall–Kier alpha value is -4.82. The van der Waals surface area contributed by atoms with Crippen LogP contribution in [0.4, 0.5) is 0 Å². The minimum atomic E-state index is -1.04. The maximum atomic E-state index is 13.0. The first-order valence-corrected chi connectivity index (χ1v) is 12.2. The van der Waals surface area contributed by atoms with Crippen molar-refractivity contribution in [1.82, 2.24) is 19.5 Å². The van der Waals surface area contributed by atoms with E-state index < -0.39 is 5.97 Å². The monoisotopic (exact) mass is 522 g/mol. The highest BCUT2D eigenvalue weighted by atomic mass is 35.5. The van der Waals surface area contributed by atoms with Crippen LogP contribution in [0.25, 0.3) is 50.5 Å². The molecular formula is C29H19ClN4O4. The van der Waals surface area contributed by atoms with E-state index in [0.717, 1.165) is 16.7 Å². The van der Waals surface area contributed by atoms with Crippen LogP contribution in [-0.2, 0) is 4.79 Å². The van der Waals surface area contributed by atoms with Crippen LogP contribution in [0.15, 0.2) is 89.8 Å². The third-order valence-corrected chi connectivity index (χ3v) is 6.48. The number of halogens is 1. The summed E-state index contributed by atoms with van der Waals surface area (Å²) >= 11 is 6.26. The topological polar surface area (TPSA) is 111 Å². The summed E-state index contributed by atoms with van der Waals surface area (Å²) in [4.78, 5) is 38.3. The molecule has 2 aromatic carbocycles. The molecule has 0 aliphatic carbocycles. The molecule has 186 valence electrons. The van der Waals surface area contributed by atoms with Gasteiger partial charge in [0.05, 0.1) is 29.4 Å².